The number of aromatic carboxylic acids is 1. The van der Waals surface area contributed by atoms with Gasteiger partial charge in [0.05, 0.1) is 17.2 Å². The Kier molecular flexibility index (Phi) is 32.8. The molecule has 0 aliphatic heterocycles. The third-order valence-corrected chi connectivity index (χ3v) is 2.96. The van der Waals surface area contributed by atoms with Crippen molar-refractivity contribution in [3.63, 3.8) is 0 Å². The van der Waals surface area contributed by atoms with Gasteiger partial charge in [-0.1, -0.05) is 60.7 Å². The van der Waals surface area contributed by atoms with E-state index in [4.69, 9.17) is 19.9 Å². The van der Waals surface area contributed by atoms with Crippen molar-refractivity contribution in [1.82, 2.24) is 0 Å². The van der Waals surface area contributed by atoms with Gasteiger partial charge in [0.1, 0.15) is 12.6 Å². The van der Waals surface area contributed by atoms with Crippen molar-refractivity contribution in [1.29, 1.82) is 0 Å². The summed E-state index contributed by atoms with van der Waals surface area (Å²) in [5, 5.41) is 16.9. The molecular weight excluding hydrogens is 625 g/mol. The first kappa shape index (κ1) is 42.2. The van der Waals surface area contributed by atoms with Crippen LogP contribution in [0.1, 0.15) is 70.6 Å². The molecule has 0 spiro atoms. The molecule has 0 saturated heterocycles. The minimum absolute atomic E-state index is 0. The molecule has 0 saturated carbocycles. The number of carboxylic acids is 1. The van der Waals surface area contributed by atoms with Crippen LogP contribution in [0.15, 0.2) is 48.5 Å². The summed E-state index contributed by atoms with van der Waals surface area (Å²) >= 11 is 2.34. The maximum Gasteiger partial charge on any atom is 1.00 e. The van der Waals surface area contributed by atoms with Gasteiger partial charge in [0.25, 0.3) is 6.47 Å². The molecule has 0 radical (unpaired) electrons. The predicted molar refractivity (Wildman–Crippen MR) is 129 cm³/mol. The third-order valence-electron chi connectivity index (χ3n) is 2.96. The summed E-state index contributed by atoms with van der Waals surface area (Å²) in [4.78, 5) is 53.4. The van der Waals surface area contributed by atoms with Gasteiger partial charge in [0.15, 0.2) is 0 Å². The van der Waals surface area contributed by atoms with E-state index in [0.29, 0.717) is 23.0 Å². The summed E-state index contributed by atoms with van der Waals surface area (Å²) in [6.07, 6.45) is 1.27. The third kappa shape index (κ3) is 25.6. The van der Waals surface area contributed by atoms with Gasteiger partial charge in [0.2, 0.25) is 0 Å². The summed E-state index contributed by atoms with van der Waals surface area (Å²) in [5.74, 6) is -1.35. The molecule has 1 N–H and O–H groups in total. The van der Waals surface area contributed by atoms with E-state index in [1.54, 1.807) is 38.1 Å². The molecule has 2 rings (SSSR count). The van der Waals surface area contributed by atoms with Crippen molar-refractivity contribution in [3.8, 4) is 0 Å². The molecule has 2 aromatic carbocycles. The first-order valence-electron chi connectivity index (χ1n) is 9.43. The van der Waals surface area contributed by atoms with E-state index in [0.717, 1.165) is 10.2 Å². The fraction of sp³-hybridized carbons (Fsp3) is 0.261. The maximum atomic E-state index is 11.3. The van der Waals surface area contributed by atoms with E-state index in [1.807, 2.05) is 0 Å². The van der Waals surface area contributed by atoms with Crippen molar-refractivity contribution in [2.45, 2.75) is 37.7 Å². The van der Waals surface area contributed by atoms with Crippen LogP contribution in [0.5, 0.6) is 0 Å². The van der Waals surface area contributed by atoms with Crippen LogP contribution in [0.3, 0.4) is 0 Å². The van der Waals surface area contributed by atoms with Crippen LogP contribution in [-0.2, 0) is 14.4 Å². The second kappa shape index (κ2) is 27.2. The minimum atomic E-state index is -0.984. The van der Waals surface area contributed by atoms with Crippen LogP contribution in [0.2, 0.25) is 0 Å². The van der Waals surface area contributed by atoms with Gasteiger partial charge in [0, 0.05) is 15.1 Å². The quantitative estimate of drug-likeness (QED) is 0.0689. The number of hydrogen-bond donors (Lipinski definition) is 1. The Hall–Kier alpha value is 0.153. The number of carbonyl (C=O) groups excluding carboxylic acids is 4. The first-order chi connectivity index (χ1) is 15.5. The smallest absolute Gasteiger partial charge is 1.00 e. The largest absolute Gasteiger partial charge is 1.00 e. The number of hydrogen-bond acceptors (Lipinski definition) is 8. The summed E-state index contributed by atoms with van der Waals surface area (Å²) < 4.78 is 5.79. The zero-order valence-corrected chi connectivity index (χ0v) is 29.0. The zero-order chi connectivity index (χ0) is 25.8. The molecular formula is C23H27IK2O9. The van der Waals surface area contributed by atoms with E-state index >= 15 is 0 Å². The number of halogens is 1. The summed E-state index contributed by atoms with van der Waals surface area (Å²) in [6, 6.07) is 12.1. The molecule has 182 valence electrons. The monoisotopic (exact) mass is 652 g/mol. The second-order valence-electron chi connectivity index (χ2n) is 6.45. The van der Waals surface area contributed by atoms with E-state index in [9.17, 15) is 19.2 Å². The number of rotatable bonds is 6. The fourth-order valence-corrected chi connectivity index (χ4v) is 1.68. The number of ether oxygens (including phenoxy) is 1. The zero-order valence-electron chi connectivity index (χ0n) is 21.6. The van der Waals surface area contributed by atoms with Crippen molar-refractivity contribution in [2.24, 2.45) is 0 Å². The second-order valence-corrected chi connectivity index (χ2v) is 8.94. The molecule has 0 unspecified atom stereocenters. The average Bonchev–Trinajstić information content (AvgIpc) is 2.79. The van der Waals surface area contributed by atoms with Gasteiger partial charge >= 0.3 is 115 Å². The van der Waals surface area contributed by atoms with Crippen LogP contribution in [0.4, 0.5) is 0 Å². The van der Waals surface area contributed by atoms with Gasteiger partial charge in [-0.25, -0.2) is 9.59 Å². The predicted octanol–water partition coefficient (Wildman–Crippen LogP) is -2.35. The number of alkyl halides is 1. The SMILES string of the molecule is CC(C)I.CC(C)OC(=O)c1ccc(C=O)cc1.O=CO[O-].O=Cc1ccc(C(=O)O)cc1.[H-].[K+].[K+]. The Morgan fingerprint density at radius 3 is 1.40 bits per heavy atom. The fourth-order valence-electron chi connectivity index (χ4n) is 1.68. The Morgan fingerprint density at radius 1 is 0.857 bits per heavy atom. The molecule has 0 atom stereocenters. The molecule has 0 amide bonds. The van der Waals surface area contributed by atoms with Crippen LogP contribution in [-0.4, -0.2) is 46.1 Å². The number of benzene rings is 2. The normalized spacial score (nSPS) is 8.46. The maximum absolute atomic E-state index is 11.3. The molecule has 0 aromatic heterocycles. The van der Waals surface area contributed by atoms with E-state index < -0.39 is 5.97 Å². The number of aldehydes is 2. The Bertz CT molecular complexity index is 860. The number of carbonyl (C=O) groups is 5. The molecule has 9 nitrogen and oxygen atoms in total. The molecule has 2 aromatic rings. The van der Waals surface area contributed by atoms with Gasteiger partial charge in [-0.05, 0) is 38.1 Å². The minimum Gasteiger partial charge on any atom is -1.00 e. The number of carboxylic acid groups (broad SMARTS) is 1. The Morgan fingerprint density at radius 2 is 1.17 bits per heavy atom. The Labute approximate surface area is 305 Å². The number of esters is 1. The van der Waals surface area contributed by atoms with Crippen LogP contribution in [0.25, 0.3) is 0 Å². The van der Waals surface area contributed by atoms with Gasteiger partial charge in [-0.15, -0.1) is 0 Å². The average molecular weight is 653 g/mol. The van der Waals surface area contributed by atoms with Crippen LogP contribution < -0.4 is 108 Å². The molecule has 0 aliphatic carbocycles. The molecule has 12 heteroatoms. The van der Waals surface area contributed by atoms with Crippen molar-refractivity contribution in [2.75, 3.05) is 0 Å². The summed E-state index contributed by atoms with van der Waals surface area (Å²) in [5.41, 5.74) is 1.68. The molecule has 0 fully saturated rings. The molecule has 35 heavy (non-hydrogen) atoms. The summed E-state index contributed by atoms with van der Waals surface area (Å²) in [7, 11) is 0. The van der Waals surface area contributed by atoms with Gasteiger partial charge < -0.3 is 21.4 Å². The van der Waals surface area contributed by atoms with Gasteiger partial charge in [-0.3, -0.25) is 14.4 Å². The van der Waals surface area contributed by atoms with E-state index in [1.165, 1.54) is 24.3 Å². The topological polar surface area (TPSA) is 147 Å². The molecule has 0 bridgehead atoms. The standard InChI is InChI=1S/C11H12O3.C8H6O3.C3H7I.CH2O3.2K.H/c1-8(2)14-11(13)10-5-3-9(7-12)4-6-10;9-5-6-1-3-7(4-2-6)8(10)11;1-3(2)4;2-1-4-3;;;/h3-8H,1-2H3;1-5H,(H,10,11);3H,1-2H3;1,3H;;;/q;;;;2*+1;-1/p-1. The van der Waals surface area contributed by atoms with Crippen molar-refractivity contribution in [3.05, 3.63) is 70.8 Å². The summed E-state index contributed by atoms with van der Waals surface area (Å²) in [6.45, 7) is 7.70. The Balaban J connectivity index is -0.000000131. The van der Waals surface area contributed by atoms with Gasteiger partial charge in [-0.2, -0.15) is 0 Å². The van der Waals surface area contributed by atoms with Crippen molar-refractivity contribution >= 4 is 53.6 Å². The molecule has 0 heterocycles. The van der Waals surface area contributed by atoms with Crippen LogP contribution >= 0.6 is 22.6 Å². The molecule has 0 aliphatic rings. The van der Waals surface area contributed by atoms with E-state index in [2.05, 4.69) is 41.3 Å². The van der Waals surface area contributed by atoms with Crippen molar-refractivity contribution < 1.29 is 148 Å². The first-order valence-corrected chi connectivity index (χ1v) is 10.7. The van der Waals surface area contributed by atoms with Crippen LogP contribution in [0, 0.1) is 0 Å². The van der Waals surface area contributed by atoms with E-state index in [-0.39, 0.29) is 128 Å².